The molecule has 0 spiro atoms. The van der Waals surface area contributed by atoms with Crippen LogP contribution in [0.4, 0.5) is 8.78 Å². The van der Waals surface area contributed by atoms with Gasteiger partial charge in [0.2, 0.25) is 11.8 Å². The van der Waals surface area contributed by atoms with E-state index in [1.807, 2.05) is 6.07 Å². The number of halogens is 2. The first kappa shape index (κ1) is 20.0. The normalized spacial score (nSPS) is 16.3. The monoisotopic (exact) mass is 397 g/mol. The van der Waals surface area contributed by atoms with E-state index in [2.05, 4.69) is 4.98 Å². The molecule has 0 saturated heterocycles. The number of pyridine rings is 1. The minimum absolute atomic E-state index is 0.00844. The van der Waals surface area contributed by atoms with Crippen molar-refractivity contribution >= 4 is 5.97 Å². The molecule has 0 saturated carbocycles. The number of nitrogens with two attached hydrogens (primary N) is 1. The molecule has 6 nitrogen and oxygen atoms in total. The Morgan fingerprint density at radius 3 is 2.66 bits per heavy atom. The highest BCUT2D eigenvalue weighted by Gasteiger charge is 2.37. The van der Waals surface area contributed by atoms with Crippen molar-refractivity contribution in [3.8, 4) is 17.2 Å². The molecule has 29 heavy (non-hydrogen) atoms. The number of rotatable bonds is 4. The molecule has 3 rings (SSSR count). The highest BCUT2D eigenvalue weighted by Crippen LogP contribution is 2.41. The zero-order valence-electron chi connectivity index (χ0n) is 15.7. The molecule has 1 aliphatic heterocycles. The largest absolute Gasteiger partial charge is 0.463 e. The number of ether oxygens (including phenoxy) is 2. The molecule has 1 unspecified atom stereocenters. The van der Waals surface area contributed by atoms with Crippen LogP contribution in [0.2, 0.25) is 0 Å². The third-order valence-corrected chi connectivity index (χ3v) is 4.47. The minimum Gasteiger partial charge on any atom is -0.463 e. The molecule has 2 N–H and O–H groups in total. The Morgan fingerprint density at radius 1 is 1.31 bits per heavy atom. The van der Waals surface area contributed by atoms with Crippen molar-refractivity contribution in [1.82, 2.24) is 4.98 Å². The first-order chi connectivity index (χ1) is 13.9. The minimum atomic E-state index is -1.11. The number of nitrogens with zero attached hydrogens (tertiary/aromatic N) is 2. The maximum atomic E-state index is 14.9. The van der Waals surface area contributed by atoms with Gasteiger partial charge in [0.15, 0.2) is 0 Å². The molecular formula is C21H17F2N3O3. The van der Waals surface area contributed by atoms with E-state index in [-0.39, 0.29) is 35.0 Å². The smallest absolute Gasteiger partial charge is 0.338 e. The molecule has 0 fully saturated rings. The molecule has 1 aromatic carbocycles. The number of esters is 1. The maximum Gasteiger partial charge on any atom is 0.338 e. The number of aromatic nitrogens is 1. The highest BCUT2D eigenvalue weighted by molar-refractivity contribution is 5.92. The number of allylic oxidation sites excluding steroid dienone is 2. The van der Waals surface area contributed by atoms with Crippen LogP contribution in [-0.4, -0.2) is 17.6 Å². The lowest BCUT2D eigenvalue weighted by Gasteiger charge is -2.27. The van der Waals surface area contributed by atoms with Crippen LogP contribution in [0.5, 0.6) is 0 Å². The molecule has 0 bridgehead atoms. The standard InChI is InChI=1S/C21H17F2N3O3/c1-3-28-21(27)18-11(2)29-20(25)15(9-24)19(18)14-8-12(4-6-16(14)22)13-5-7-17(23)26-10-13/h4-8,10,19H,3,25H2,1-2H3. The summed E-state index contributed by atoms with van der Waals surface area (Å²) in [6.07, 6.45) is 1.30. The van der Waals surface area contributed by atoms with Crippen LogP contribution in [0.15, 0.2) is 59.3 Å². The van der Waals surface area contributed by atoms with Gasteiger partial charge >= 0.3 is 5.97 Å². The second-order valence-corrected chi connectivity index (χ2v) is 6.22. The van der Waals surface area contributed by atoms with E-state index in [0.717, 1.165) is 0 Å². The van der Waals surface area contributed by atoms with Gasteiger partial charge in [0.1, 0.15) is 23.2 Å². The van der Waals surface area contributed by atoms with Crippen LogP contribution in [0, 0.1) is 23.1 Å². The second kappa shape index (κ2) is 8.10. The van der Waals surface area contributed by atoms with Gasteiger partial charge in [0.05, 0.1) is 18.1 Å². The maximum absolute atomic E-state index is 14.9. The summed E-state index contributed by atoms with van der Waals surface area (Å²) in [7, 11) is 0. The van der Waals surface area contributed by atoms with Crippen LogP contribution in [-0.2, 0) is 14.3 Å². The number of benzene rings is 1. The molecule has 1 atom stereocenters. The molecule has 0 aliphatic carbocycles. The van der Waals surface area contributed by atoms with Gasteiger partial charge in [-0.3, -0.25) is 0 Å². The van der Waals surface area contributed by atoms with Crippen LogP contribution in [0.25, 0.3) is 11.1 Å². The van der Waals surface area contributed by atoms with Crippen molar-refractivity contribution in [2.24, 2.45) is 5.73 Å². The highest BCUT2D eigenvalue weighted by atomic mass is 19.1. The lowest BCUT2D eigenvalue weighted by Crippen LogP contribution is -2.26. The average molecular weight is 397 g/mol. The Kier molecular flexibility index (Phi) is 5.59. The fourth-order valence-corrected chi connectivity index (χ4v) is 3.16. The van der Waals surface area contributed by atoms with E-state index in [1.165, 1.54) is 43.5 Å². The SMILES string of the molecule is CCOC(=O)C1=C(C)OC(N)=C(C#N)C1c1cc(-c2ccc(F)nc2)ccc1F. The summed E-state index contributed by atoms with van der Waals surface area (Å²) in [5.41, 5.74) is 6.82. The Hall–Kier alpha value is -3.73. The van der Waals surface area contributed by atoms with Crippen LogP contribution in [0.3, 0.4) is 0 Å². The van der Waals surface area contributed by atoms with Crippen molar-refractivity contribution < 1.29 is 23.0 Å². The Balaban J connectivity index is 2.20. The van der Waals surface area contributed by atoms with Crippen molar-refractivity contribution in [3.05, 3.63) is 76.6 Å². The summed E-state index contributed by atoms with van der Waals surface area (Å²) in [4.78, 5) is 16.2. The van der Waals surface area contributed by atoms with Gasteiger partial charge in [0, 0.05) is 17.3 Å². The molecule has 1 aromatic heterocycles. The van der Waals surface area contributed by atoms with Gasteiger partial charge in [-0.1, -0.05) is 6.07 Å². The first-order valence-corrected chi connectivity index (χ1v) is 8.74. The van der Waals surface area contributed by atoms with Gasteiger partial charge in [0.25, 0.3) is 0 Å². The topological polar surface area (TPSA) is 98.2 Å². The van der Waals surface area contributed by atoms with E-state index >= 15 is 0 Å². The third kappa shape index (κ3) is 3.80. The van der Waals surface area contributed by atoms with Crippen LogP contribution >= 0.6 is 0 Å². The van der Waals surface area contributed by atoms with Crippen molar-refractivity contribution in [1.29, 1.82) is 5.26 Å². The molecule has 2 aromatic rings. The number of nitriles is 1. The predicted molar refractivity (Wildman–Crippen MR) is 99.6 cm³/mol. The van der Waals surface area contributed by atoms with E-state index in [0.29, 0.717) is 11.1 Å². The summed E-state index contributed by atoms with van der Waals surface area (Å²) in [5.74, 6) is -3.23. The second-order valence-electron chi connectivity index (χ2n) is 6.22. The molecule has 0 amide bonds. The van der Waals surface area contributed by atoms with E-state index in [4.69, 9.17) is 15.2 Å². The number of hydrogen-bond acceptors (Lipinski definition) is 6. The molecule has 148 valence electrons. The Bertz CT molecular complexity index is 1070. The van der Waals surface area contributed by atoms with Gasteiger partial charge in [-0.25, -0.2) is 14.2 Å². The summed E-state index contributed by atoms with van der Waals surface area (Å²) in [5, 5.41) is 9.60. The van der Waals surface area contributed by atoms with Gasteiger partial charge < -0.3 is 15.2 Å². The average Bonchev–Trinajstić information content (AvgIpc) is 2.68. The summed E-state index contributed by atoms with van der Waals surface area (Å²) < 4.78 is 38.4. The lowest BCUT2D eigenvalue weighted by atomic mass is 9.82. The van der Waals surface area contributed by atoms with Crippen molar-refractivity contribution in [2.45, 2.75) is 19.8 Å². The molecule has 2 heterocycles. The Labute approximate surface area is 165 Å². The summed E-state index contributed by atoms with van der Waals surface area (Å²) in [6, 6.07) is 8.74. The molecule has 0 radical (unpaired) electrons. The van der Waals surface area contributed by atoms with Gasteiger partial charge in [-0.15, -0.1) is 0 Å². The fourth-order valence-electron chi connectivity index (χ4n) is 3.16. The molecular weight excluding hydrogens is 380 g/mol. The van der Waals surface area contributed by atoms with Crippen LogP contribution < -0.4 is 5.73 Å². The zero-order chi connectivity index (χ0) is 21.1. The summed E-state index contributed by atoms with van der Waals surface area (Å²) >= 11 is 0. The fraction of sp³-hybridized carbons (Fsp3) is 0.190. The first-order valence-electron chi connectivity index (χ1n) is 8.74. The van der Waals surface area contributed by atoms with Gasteiger partial charge in [-0.2, -0.15) is 9.65 Å². The van der Waals surface area contributed by atoms with Crippen molar-refractivity contribution in [3.63, 3.8) is 0 Å². The third-order valence-electron chi connectivity index (χ3n) is 4.47. The van der Waals surface area contributed by atoms with E-state index in [1.54, 1.807) is 6.92 Å². The molecule has 8 heteroatoms. The summed E-state index contributed by atoms with van der Waals surface area (Å²) in [6.45, 7) is 3.21. The predicted octanol–water partition coefficient (Wildman–Crippen LogP) is 3.67. The van der Waals surface area contributed by atoms with Gasteiger partial charge in [-0.05, 0) is 43.7 Å². The number of hydrogen-bond donors (Lipinski definition) is 1. The Morgan fingerprint density at radius 2 is 2.03 bits per heavy atom. The van der Waals surface area contributed by atoms with Crippen LogP contribution in [0.1, 0.15) is 25.3 Å². The van der Waals surface area contributed by atoms with E-state index in [9.17, 15) is 18.8 Å². The zero-order valence-corrected chi connectivity index (χ0v) is 15.7. The van der Waals surface area contributed by atoms with E-state index < -0.39 is 23.7 Å². The quantitative estimate of drug-likeness (QED) is 0.624. The number of carbonyl (C=O) groups excluding carboxylic acids is 1. The molecule has 1 aliphatic rings. The lowest BCUT2D eigenvalue weighted by molar-refractivity contribution is -0.139. The van der Waals surface area contributed by atoms with Crippen molar-refractivity contribution in [2.75, 3.05) is 6.61 Å². The number of carbonyl (C=O) groups is 1.